The van der Waals surface area contributed by atoms with Crippen LogP contribution in [0.15, 0.2) is 107 Å². The first-order valence-corrected chi connectivity index (χ1v) is 28.2. The van der Waals surface area contributed by atoms with Gasteiger partial charge >= 0.3 is 0 Å². The topological polar surface area (TPSA) is 120 Å². The molecule has 12 heteroatoms. The van der Waals surface area contributed by atoms with Crippen molar-refractivity contribution < 1.29 is 0 Å². The molecule has 4 aromatic carbocycles. The van der Waals surface area contributed by atoms with Crippen molar-refractivity contribution in [1.29, 1.82) is 15.8 Å². The molecule has 0 aliphatic carbocycles. The summed E-state index contributed by atoms with van der Waals surface area (Å²) in [6.45, 7) is 34.7. The number of benzene rings is 4. The number of nitriles is 3. The molecule has 4 aromatic heterocycles. The summed E-state index contributed by atoms with van der Waals surface area (Å²) in [5.74, 6) is 0.985. The van der Waals surface area contributed by atoms with Gasteiger partial charge in [0.05, 0.1) is 36.5 Å². The van der Waals surface area contributed by atoms with Crippen molar-refractivity contribution in [2.45, 2.75) is 119 Å². The molecule has 0 bridgehead atoms. The molecular weight excluding hydrogens is 989 g/mol. The Morgan fingerprint density at radius 3 is 1.14 bits per heavy atom. The normalized spacial score (nSPS) is 13.4. The van der Waals surface area contributed by atoms with Crippen LogP contribution < -0.4 is 20.4 Å². The van der Waals surface area contributed by atoms with E-state index in [0.717, 1.165) is 54.0 Å². The van der Waals surface area contributed by atoms with Gasteiger partial charge in [0.2, 0.25) is 0 Å². The molecule has 0 saturated heterocycles. The van der Waals surface area contributed by atoms with E-state index in [0.29, 0.717) is 29.5 Å². The lowest BCUT2D eigenvalue weighted by atomic mass is 9.81. The zero-order valence-electron chi connectivity index (χ0n) is 43.8. The molecule has 0 fully saturated rings. The Bertz CT molecular complexity index is 3890. The molecule has 4 heterocycles. The van der Waals surface area contributed by atoms with E-state index in [2.05, 4.69) is 143 Å². The molecule has 0 atom stereocenters. The lowest BCUT2D eigenvalue weighted by Crippen LogP contribution is -2.25. The quantitative estimate of drug-likeness (QED) is 0.126. The highest BCUT2D eigenvalue weighted by atomic mass is 32.1. The van der Waals surface area contributed by atoms with Gasteiger partial charge in [-0.2, -0.15) is 10.5 Å². The monoisotopic (exact) mass is 1050 g/mol. The largest absolute Gasteiger partial charge is 0.295 e. The molecule has 0 aliphatic rings. The van der Waals surface area contributed by atoms with E-state index in [1.807, 2.05) is 48.5 Å². The van der Waals surface area contributed by atoms with E-state index in [9.17, 15) is 15.8 Å². The Morgan fingerprint density at radius 2 is 0.824 bits per heavy atom. The highest BCUT2D eigenvalue weighted by molar-refractivity contribution is 7.14. The maximum absolute atomic E-state index is 15.2. The standard InChI is InChI=1S/C62H58N6O2S4/c1-33(2)39-24-44(35(5)6)53(45(25-39)36(7)8)48-28-51(57-59(69)67(42-20-16-14-17-21-42)61(73-57)41(30-63)31-64)71-55(48)56-49(54-46(37(9)10)26-40(34(3)4)27-47(54)38(11)12)29-52(72-56)58-60(70)68(43-22-18-15-19-23-43)62(74-58)50(32-65)66-13/h14-29,33-38H,1-12H3/b56-55+,57-51-,58-52-,62-50+. The summed E-state index contributed by atoms with van der Waals surface area (Å²) in [5, 5.41) is 30.9. The molecule has 8 aromatic rings. The van der Waals surface area contributed by atoms with Crippen LogP contribution in [0.1, 0.15) is 152 Å². The van der Waals surface area contributed by atoms with Gasteiger partial charge in [-0.25, -0.2) is 10.1 Å². The van der Waals surface area contributed by atoms with Gasteiger partial charge in [0.25, 0.3) is 16.8 Å². The van der Waals surface area contributed by atoms with Gasteiger partial charge in [0.1, 0.15) is 30.5 Å². The van der Waals surface area contributed by atoms with Crippen LogP contribution in [0.3, 0.4) is 0 Å². The molecule has 8 rings (SSSR count). The predicted molar refractivity (Wildman–Crippen MR) is 306 cm³/mol. The summed E-state index contributed by atoms with van der Waals surface area (Å²) >= 11 is 5.33. The highest BCUT2D eigenvalue weighted by Gasteiger charge is 2.25. The third-order valence-corrected chi connectivity index (χ3v) is 18.5. The molecule has 0 spiro atoms. The van der Waals surface area contributed by atoms with Crippen LogP contribution in [0, 0.1) is 67.8 Å². The van der Waals surface area contributed by atoms with Gasteiger partial charge in [-0.05, 0) is 116 Å². The van der Waals surface area contributed by atoms with Crippen molar-refractivity contribution in [3.05, 3.63) is 199 Å². The van der Waals surface area contributed by atoms with Crippen molar-refractivity contribution in [1.82, 2.24) is 9.13 Å². The van der Waals surface area contributed by atoms with Crippen LogP contribution in [0.2, 0.25) is 0 Å². The number of nitrogens with zero attached hydrogens (tertiary/aromatic N) is 6. The second-order valence-corrected chi connectivity index (χ2v) is 24.5. The Kier molecular flexibility index (Phi) is 15.6. The van der Waals surface area contributed by atoms with Crippen molar-refractivity contribution in [3.63, 3.8) is 0 Å². The fourth-order valence-electron chi connectivity index (χ4n) is 9.50. The Balaban J connectivity index is 1.78. The Hall–Kier alpha value is -7.16. The van der Waals surface area contributed by atoms with E-state index >= 15 is 9.59 Å². The number of para-hydroxylation sites is 2. The smallest absolute Gasteiger partial charge is 0.276 e. The Labute approximate surface area is 448 Å². The zero-order valence-corrected chi connectivity index (χ0v) is 47.1. The van der Waals surface area contributed by atoms with Crippen LogP contribution >= 0.6 is 45.3 Å². The highest BCUT2D eigenvalue weighted by Crippen LogP contribution is 2.45. The SMILES string of the molecule is [C-]#[N+]/C(C#N)=c1/s/c(=c2/cc(-c3c(C(C)C)cc(C(C)C)cc3C(C)C)/c(=c3\s/c(=c4\sc(=C(C#N)C#N)n(-c5ccccc5)c4=O)cc3-c3c(C(C)C)cc(C(C)C)cc3C(C)C)s2)c(=O)n1-c1ccccc1. The van der Waals surface area contributed by atoms with Crippen LogP contribution in [0.5, 0.6) is 0 Å². The average molecular weight is 1050 g/mol. The second-order valence-electron chi connectivity index (χ2n) is 20.4. The van der Waals surface area contributed by atoms with Gasteiger partial charge in [0, 0.05) is 16.8 Å². The number of rotatable bonds is 10. The molecule has 0 unspecified atom stereocenters. The summed E-state index contributed by atoms with van der Waals surface area (Å²) < 4.78 is 7.51. The van der Waals surface area contributed by atoms with E-state index < -0.39 is 0 Å². The van der Waals surface area contributed by atoms with Gasteiger partial charge < -0.3 is 0 Å². The molecule has 74 heavy (non-hydrogen) atoms. The first-order chi connectivity index (χ1) is 35.3. The van der Waals surface area contributed by atoms with E-state index in [1.54, 1.807) is 12.1 Å². The summed E-state index contributed by atoms with van der Waals surface area (Å²) in [4.78, 5) is 33.9. The molecule has 0 radical (unpaired) electrons. The number of aromatic nitrogens is 2. The zero-order chi connectivity index (χ0) is 53.4. The summed E-state index contributed by atoms with van der Waals surface area (Å²) in [7, 11) is 0. The van der Waals surface area contributed by atoms with Crippen molar-refractivity contribution >= 4 is 56.6 Å². The first kappa shape index (κ1) is 53.1. The number of thiophene rings is 2. The lowest BCUT2D eigenvalue weighted by Gasteiger charge is -2.23. The molecular formula is C62H58N6O2S4. The maximum atomic E-state index is 15.2. The minimum absolute atomic E-state index is 0.112. The average Bonchev–Trinajstić information content (AvgIpc) is 4.17. The van der Waals surface area contributed by atoms with Crippen molar-refractivity contribution in [2.75, 3.05) is 0 Å². The van der Waals surface area contributed by atoms with E-state index in [-0.39, 0.29) is 67.2 Å². The molecule has 8 nitrogen and oxygen atoms in total. The molecule has 372 valence electrons. The third kappa shape index (κ3) is 9.73. The predicted octanol–water partition coefficient (Wildman–Crippen LogP) is 14.9. The molecule has 0 saturated carbocycles. The van der Waals surface area contributed by atoms with E-state index in [1.165, 1.54) is 65.2 Å². The second kappa shape index (κ2) is 21.7. The fourth-order valence-corrected chi connectivity index (χ4v) is 14.4. The summed E-state index contributed by atoms with van der Waals surface area (Å²) in [6, 6.07) is 38.1. The number of thiazole rings is 2. The first-order valence-electron chi connectivity index (χ1n) is 24.9. The minimum atomic E-state index is -0.334. The van der Waals surface area contributed by atoms with Gasteiger partial charge in [-0.3, -0.25) is 18.7 Å². The van der Waals surface area contributed by atoms with Gasteiger partial charge in [-0.1, -0.05) is 144 Å². The van der Waals surface area contributed by atoms with Gasteiger partial charge in [0.15, 0.2) is 5.57 Å². The van der Waals surface area contributed by atoms with Crippen molar-refractivity contribution in [3.8, 4) is 51.8 Å². The van der Waals surface area contributed by atoms with E-state index in [4.69, 9.17) is 6.57 Å². The lowest BCUT2D eigenvalue weighted by molar-refractivity contribution is 0.807. The maximum Gasteiger partial charge on any atom is 0.295 e. The Morgan fingerprint density at radius 1 is 0.473 bits per heavy atom. The third-order valence-electron chi connectivity index (χ3n) is 13.4. The summed E-state index contributed by atoms with van der Waals surface area (Å²) in [5.41, 5.74) is 11.4. The fraction of sp³-hybridized carbons (Fsp3) is 0.290. The van der Waals surface area contributed by atoms with Gasteiger partial charge in [-0.15, -0.1) is 45.3 Å². The van der Waals surface area contributed by atoms with Crippen LogP contribution in [-0.4, -0.2) is 9.13 Å². The van der Waals surface area contributed by atoms with Crippen LogP contribution in [0.4, 0.5) is 0 Å². The molecule has 0 aliphatic heterocycles. The summed E-state index contributed by atoms with van der Waals surface area (Å²) in [6.07, 6.45) is 0. The van der Waals surface area contributed by atoms with Crippen molar-refractivity contribution in [2.24, 2.45) is 0 Å². The number of hydrogen-bond donors (Lipinski definition) is 0. The minimum Gasteiger partial charge on any atom is -0.276 e. The molecule has 0 N–H and O–H groups in total. The van der Waals surface area contributed by atoms with Crippen LogP contribution in [-0.2, 0) is 0 Å². The molecule has 0 amide bonds. The number of hydrogen-bond acceptors (Lipinski definition) is 9. The van der Waals surface area contributed by atoms with Crippen LogP contribution in [0.25, 0.3) is 49.7 Å².